The first kappa shape index (κ1) is 11.9. The van der Waals surface area contributed by atoms with Crippen molar-refractivity contribution < 1.29 is 14.7 Å². The molecule has 1 rings (SSSR count). The van der Waals surface area contributed by atoms with Gasteiger partial charge in [0, 0.05) is 13.1 Å². The van der Waals surface area contributed by atoms with Crippen LogP contribution in [0.25, 0.3) is 0 Å². The minimum absolute atomic E-state index is 0.00781. The highest BCUT2D eigenvalue weighted by Crippen LogP contribution is 2.09. The van der Waals surface area contributed by atoms with E-state index in [0.717, 1.165) is 0 Å². The minimum atomic E-state index is -0.333. The lowest BCUT2D eigenvalue weighted by Gasteiger charge is -2.29. The van der Waals surface area contributed by atoms with Crippen LogP contribution in [0.2, 0.25) is 0 Å². The molecule has 0 aromatic carbocycles. The molecule has 1 aliphatic heterocycles. The number of aliphatic hydroxyl groups excluding tert-OH is 1. The molecule has 0 aromatic heterocycles. The van der Waals surface area contributed by atoms with E-state index in [9.17, 15) is 14.7 Å². The number of amides is 2. The molecule has 0 aromatic rings. The number of nitrogens with one attached hydrogen (secondary N) is 1. The summed E-state index contributed by atoms with van der Waals surface area (Å²) in [5, 5.41) is 11.7. The maximum atomic E-state index is 11.5. The molecule has 4 N–H and O–H groups in total. The topological polar surface area (TPSA) is 95.7 Å². The average Bonchev–Trinajstić information content (AvgIpc) is 2.26. The molecule has 0 atom stereocenters. The van der Waals surface area contributed by atoms with Crippen LogP contribution < -0.4 is 11.1 Å². The highest BCUT2D eigenvalue weighted by Gasteiger charge is 2.20. The molecule has 15 heavy (non-hydrogen) atoms. The van der Waals surface area contributed by atoms with E-state index in [1.54, 1.807) is 4.90 Å². The molecule has 0 unspecified atom stereocenters. The van der Waals surface area contributed by atoms with E-state index in [2.05, 4.69) is 5.32 Å². The average molecular weight is 215 g/mol. The van der Waals surface area contributed by atoms with Crippen molar-refractivity contribution in [2.24, 2.45) is 5.73 Å². The van der Waals surface area contributed by atoms with Crippen molar-refractivity contribution in [2.45, 2.75) is 18.9 Å². The molecule has 0 spiro atoms. The first-order valence-electron chi connectivity index (χ1n) is 5.06. The summed E-state index contributed by atoms with van der Waals surface area (Å²) in [6, 6.07) is 0. The highest BCUT2D eigenvalue weighted by atomic mass is 16.3. The van der Waals surface area contributed by atoms with Gasteiger partial charge in [0.2, 0.25) is 11.8 Å². The number of hydrogen-bond acceptors (Lipinski definition) is 4. The Kier molecular flexibility index (Phi) is 4.51. The lowest BCUT2D eigenvalue weighted by atomic mass is 10.1. The van der Waals surface area contributed by atoms with Crippen molar-refractivity contribution >= 4 is 11.8 Å². The van der Waals surface area contributed by atoms with Crippen molar-refractivity contribution in [3.63, 3.8) is 0 Å². The van der Waals surface area contributed by atoms with Crippen LogP contribution in [0.5, 0.6) is 0 Å². The Hall–Kier alpha value is -1.14. The molecule has 86 valence electrons. The maximum Gasteiger partial charge on any atom is 0.241 e. The van der Waals surface area contributed by atoms with Gasteiger partial charge in [-0.05, 0) is 12.8 Å². The summed E-state index contributed by atoms with van der Waals surface area (Å²) in [5.41, 5.74) is 5.08. The molecular weight excluding hydrogens is 198 g/mol. The molecule has 0 bridgehead atoms. The van der Waals surface area contributed by atoms with E-state index in [4.69, 9.17) is 5.73 Å². The van der Waals surface area contributed by atoms with Crippen LogP contribution in [0.4, 0.5) is 0 Å². The molecule has 1 heterocycles. The molecule has 1 fully saturated rings. The van der Waals surface area contributed by atoms with Gasteiger partial charge in [-0.2, -0.15) is 0 Å². The number of hydrogen-bond donors (Lipinski definition) is 3. The third kappa shape index (κ3) is 3.85. The Morgan fingerprint density at radius 2 is 2.00 bits per heavy atom. The Morgan fingerprint density at radius 3 is 2.53 bits per heavy atom. The van der Waals surface area contributed by atoms with Crippen LogP contribution in [0.1, 0.15) is 12.8 Å². The standard InChI is InChI=1S/C9H17N3O3/c10-5-8(14)11-6-9(15)12-3-1-7(13)2-4-12/h7,13H,1-6,10H2,(H,11,14). The van der Waals surface area contributed by atoms with E-state index in [1.807, 2.05) is 0 Å². The fourth-order valence-corrected chi connectivity index (χ4v) is 1.47. The van der Waals surface area contributed by atoms with Crippen molar-refractivity contribution in [3.05, 3.63) is 0 Å². The molecule has 1 saturated heterocycles. The highest BCUT2D eigenvalue weighted by molar-refractivity contribution is 5.85. The van der Waals surface area contributed by atoms with Gasteiger partial charge in [0.05, 0.1) is 19.2 Å². The zero-order valence-electron chi connectivity index (χ0n) is 8.61. The summed E-state index contributed by atoms with van der Waals surface area (Å²) in [5.74, 6) is -0.455. The third-order valence-electron chi connectivity index (χ3n) is 2.44. The molecule has 6 heteroatoms. The first-order chi connectivity index (χ1) is 7.13. The van der Waals surface area contributed by atoms with Crippen molar-refractivity contribution in [1.29, 1.82) is 0 Å². The van der Waals surface area contributed by atoms with Gasteiger partial charge in [-0.15, -0.1) is 0 Å². The van der Waals surface area contributed by atoms with Crippen LogP contribution in [-0.2, 0) is 9.59 Å². The maximum absolute atomic E-state index is 11.5. The predicted molar refractivity (Wildman–Crippen MR) is 53.9 cm³/mol. The predicted octanol–water partition coefficient (Wildman–Crippen LogP) is -1.96. The number of rotatable bonds is 3. The normalized spacial score (nSPS) is 17.6. The first-order valence-corrected chi connectivity index (χ1v) is 5.06. The summed E-state index contributed by atoms with van der Waals surface area (Å²) in [7, 11) is 0. The number of nitrogens with two attached hydrogens (primary N) is 1. The molecule has 1 aliphatic rings. The van der Waals surface area contributed by atoms with Crippen LogP contribution >= 0.6 is 0 Å². The Bertz CT molecular complexity index is 237. The molecule has 6 nitrogen and oxygen atoms in total. The van der Waals surface area contributed by atoms with Gasteiger partial charge in [0.15, 0.2) is 0 Å². The van der Waals surface area contributed by atoms with Gasteiger partial charge >= 0.3 is 0 Å². The van der Waals surface area contributed by atoms with Crippen LogP contribution in [0, 0.1) is 0 Å². The second-order valence-corrected chi connectivity index (χ2v) is 3.59. The van der Waals surface area contributed by atoms with E-state index in [1.165, 1.54) is 0 Å². The van der Waals surface area contributed by atoms with Crippen LogP contribution in [0.3, 0.4) is 0 Å². The van der Waals surface area contributed by atoms with E-state index in [0.29, 0.717) is 25.9 Å². The zero-order valence-corrected chi connectivity index (χ0v) is 8.61. The fraction of sp³-hybridized carbons (Fsp3) is 0.778. The Balaban J connectivity index is 2.25. The second kappa shape index (κ2) is 5.67. The second-order valence-electron chi connectivity index (χ2n) is 3.59. The summed E-state index contributed by atoms with van der Waals surface area (Å²) in [6.07, 6.45) is 0.917. The monoisotopic (exact) mass is 215 g/mol. The molecule has 2 amide bonds. The smallest absolute Gasteiger partial charge is 0.241 e. The van der Waals surface area contributed by atoms with Crippen molar-refractivity contribution in [2.75, 3.05) is 26.2 Å². The van der Waals surface area contributed by atoms with Gasteiger partial charge in [0.25, 0.3) is 0 Å². The summed E-state index contributed by atoms with van der Waals surface area (Å²) in [6.45, 7) is 0.995. The van der Waals surface area contributed by atoms with Crippen molar-refractivity contribution in [3.8, 4) is 0 Å². The number of nitrogens with zero attached hydrogens (tertiary/aromatic N) is 1. The number of piperidine rings is 1. The number of carbonyl (C=O) groups excluding carboxylic acids is 2. The van der Waals surface area contributed by atoms with Crippen LogP contribution in [-0.4, -0.2) is 54.1 Å². The quantitative estimate of drug-likeness (QED) is 0.509. The molecular formula is C9H17N3O3. The van der Waals surface area contributed by atoms with E-state index < -0.39 is 0 Å². The molecule has 0 radical (unpaired) electrons. The third-order valence-corrected chi connectivity index (χ3v) is 2.44. The molecule has 0 saturated carbocycles. The number of likely N-dealkylation sites (tertiary alicyclic amines) is 1. The van der Waals surface area contributed by atoms with Gasteiger partial charge < -0.3 is 21.1 Å². The lowest BCUT2D eigenvalue weighted by Crippen LogP contribution is -2.45. The minimum Gasteiger partial charge on any atom is -0.393 e. The Labute approximate surface area is 88.4 Å². The van der Waals surface area contributed by atoms with Crippen molar-refractivity contribution in [1.82, 2.24) is 10.2 Å². The number of carbonyl (C=O) groups is 2. The van der Waals surface area contributed by atoms with Crippen LogP contribution in [0.15, 0.2) is 0 Å². The van der Waals surface area contributed by atoms with E-state index >= 15 is 0 Å². The summed E-state index contributed by atoms with van der Waals surface area (Å²) < 4.78 is 0. The lowest BCUT2D eigenvalue weighted by molar-refractivity contribution is -0.134. The van der Waals surface area contributed by atoms with Gasteiger partial charge in [-0.3, -0.25) is 9.59 Å². The SMILES string of the molecule is NCC(=O)NCC(=O)N1CCC(O)CC1. The van der Waals surface area contributed by atoms with Gasteiger partial charge in [-0.25, -0.2) is 0 Å². The van der Waals surface area contributed by atoms with Gasteiger partial charge in [0.1, 0.15) is 0 Å². The molecule has 0 aliphatic carbocycles. The van der Waals surface area contributed by atoms with Gasteiger partial charge in [-0.1, -0.05) is 0 Å². The van der Waals surface area contributed by atoms with E-state index in [-0.39, 0.29) is 31.0 Å². The summed E-state index contributed by atoms with van der Waals surface area (Å²) >= 11 is 0. The largest absolute Gasteiger partial charge is 0.393 e. The number of aliphatic hydroxyl groups is 1. The summed E-state index contributed by atoms with van der Waals surface area (Å²) in [4.78, 5) is 24.0. The Morgan fingerprint density at radius 1 is 1.40 bits per heavy atom. The fourth-order valence-electron chi connectivity index (χ4n) is 1.47. The zero-order chi connectivity index (χ0) is 11.3.